The van der Waals surface area contributed by atoms with Crippen LogP contribution in [-0.2, 0) is 32.5 Å². The first-order valence-corrected chi connectivity index (χ1v) is 17.7. The largest absolute Gasteiger partial charge is 0.487 e. The van der Waals surface area contributed by atoms with Crippen molar-refractivity contribution in [2.45, 2.75) is 70.3 Å². The number of ether oxygens (including phenoxy) is 3. The van der Waals surface area contributed by atoms with Gasteiger partial charge in [0.1, 0.15) is 12.4 Å². The number of fused-ring (bicyclic) bond motifs is 3. The SMILES string of the molecule is COCCO[C@H]1/C=C/[C@H](C)C[C@@H](C)S(=O)(=O)NC(=O)c2ccc3c(c2)N(CCCCc2cc(Cl)ccc2CO3)C[C@@H]2CC[C@H]21. The number of aryl methyl sites for hydroxylation is 1. The summed E-state index contributed by atoms with van der Waals surface area (Å²) in [7, 11) is -2.23. The molecular formula is C34H45ClN2O6S. The van der Waals surface area contributed by atoms with Gasteiger partial charge in [0.2, 0.25) is 10.0 Å². The van der Waals surface area contributed by atoms with E-state index in [1.807, 2.05) is 25.1 Å². The molecule has 2 aromatic carbocycles. The molecule has 3 aliphatic rings. The van der Waals surface area contributed by atoms with Gasteiger partial charge in [-0.05, 0) is 105 Å². The molecule has 0 unspecified atom stereocenters. The number of hydrogen-bond donors (Lipinski definition) is 1. The van der Waals surface area contributed by atoms with E-state index in [4.69, 9.17) is 25.8 Å². The molecule has 5 atom stereocenters. The Balaban J connectivity index is 1.53. The maximum atomic E-state index is 13.4. The van der Waals surface area contributed by atoms with Crippen LogP contribution in [-0.4, -0.2) is 59.1 Å². The third-order valence-electron chi connectivity index (χ3n) is 9.29. The van der Waals surface area contributed by atoms with Gasteiger partial charge in [0, 0.05) is 30.8 Å². The number of allylic oxidation sites excluding steroid dienone is 1. The molecular weight excluding hydrogens is 600 g/mol. The summed E-state index contributed by atoms with van der Waals surface area (Å²) in [6.07, 6.45) is 9.45. The van der Waals surface area contributed by atoms with Crippen molar-refractivity contribution < 1.29 is 27.4 Å². The van der Waals surface area contributed by atoms with Crippen LogP contribution in [0.4, 0.5) is 5.69 Å². The molecule has 10 heteroatoms. The van der Waals surface area contributed by atoms with Gasteiger partial charge in [-0.1, -0.05) is 36.7 Å². The highest BCUT2D eigenvalue weighted by atomic mass is 35.5. The van der Waals surface area contributed by atoms with E-state index in [1.54, 1.807) is 32.2 Å². The Bertz CT molecular complexity index is 1450. The Morgan fingerprint density at radius 1 is 1.05 bits per heavy atom. The molecule has 8 nitrogen and oxygen atoms in total. The van der Waals surface area contributed by atoms with E-state index in [9.17, 15) is 13.2 Å². The van der Waals surface area contributed by atoms with Crippen molar-refractivity contribution in [3.05, 3.63) is 70.3 Å². The van der Waals surface area contributed by atoms with Crippen molar-refractivity contribution in [1.82, 2.24) is 4.72 Å². The average molecular weight is 645 g/mol. The summed E-state index contributed by atoms with van der Waals surface area (Å²) in [5, 5.41) is -0.0386. The van der Waals surface area contributed by atoms with Crippen LogP contribution in [0.5, 0.6) is 5.75 Å². The lowest BCUT2D eigenvalue weighted by atomic mass is 9.70. The summed E-state index contributed by atoms with van der Waals surface area (Å²) in [4.78, 5) is 15.7. The number of nitrogens with zero attached hydrogens (tertiary/aromatic N) is 1. The fourth-order valence-electron chi connectivity index (χ4n) is 6.52. The van der Waals surface area contributed by atoms with Gasteiger partial charge in [0.05, 0.1) is 30.3 Å². The molecule has 2 aromatic rings. The zero-order valence-corrected chi connectivity index (χ0v) is 27.5. The summed E-state index contributed by atoms with van der Waals surface area (Å²) < 4.78 is 46.8. The Morgan fingerprint density at radius 2 is 1.89 bits per heavy atom. The minimum Gasteiger partial charge on any atom is -0.487 e. The zero-order valence-electron chi connectivity index (χ0n) is 26.0. The number of benzene rings is 2. The smallest absolute Gasteiger partial charge is 0.264 e. The second-order valence-corrected chi connectivity index (χ2v) is 15.0. The fraction of sp³-hybridized carbons (Fsp3) is 0.559. The van der Waals surface area contributed by atoms with Crippen LogP contribution in [0.1, 0.15) is 67.4 Å². The molecule has 1 saturated carbocycles. The van der Waals surface area contributed by atoms with E-state index in [1.165, 1.54) is 5.56 Å². The Hall–Kier alpha value is -2.59. The van der Waals surface area contributed by atoms with Crippen LogP contribution in [0.2, 0.25) is 5.02 Å². The van der Waals surface area contributed by atoms with E-state index >= 15 is 0 Å². The number of rotatable bonds is 4. The van der Waals surface area contributed by atoms with Gasteiger partial charge in [-0.15, -0.1) is 0 Å². The number of nitrogens with one attached hydrogen (secondary N) is 1. The molecule has 1 amide bonds. The summed E-state index contributed by atoms with van der Waals surface area (Å²) in [5.74, 6) is 0.743. The van der Waals surface area contributed by atoms with Gasteiger partial charge in [0.25, 0.3) is 5.91 Å². The number of hydrogen-bond acceptors (Lipinski definition) is 7. The first-order chi connectivity index (χ1) is 21.1. The van der Waals surface area contributed by atoms with Gasteiger partial charge < -0.3 is 19.1 Å². The molecule has 5 rings (SSSR count). The number of amides is 1. The fourth-order valence-corrected chi connectivity index (χ4v) is 7.85. The summed E-state index contributed by atoms with van der Waals surface area (Å²) in [6, 6.07) is 11.2. The Labute approximate surface area is 267 Å². The number of methoxy groups -OCH3 is 1. The first-order valence-electron chi connectivity index (χ1n) is 15.8. The highest BCUT2D eigenvalue weighted by Gasteiger charge is 2.38. The summed E-state index contributed by atoms with van der Waals surface area (Å²) in [6.45, 7) is 6.59. The van der Waals surface area contributed by atoms with Gasteiger partial charge in [-0.25, -0.2) is 13.1 Å². The summed E-state index contributed by atoms with van der Waals surface area (Å²) >= 11 is 6.33. The topological polar surface area (TPSA) is 94.2 Å². The van der Waals surface area contributed by atoms with Gasteiger partial charge in [-0.3, -0.25) is 4.79 Å². The van der Waals surface area contributed by atoms with Crippen molar-refractivity contribution in [1.29, 1.82) is 0 Å². The van der Waals surface area contributed by atoms with Crippen LogP contribution in [0, 0.1) is 17.8 Å². The molecule has 0 aromatic heterocycles. The Kier molecular flexibility index (Phi) is 10.9. The van der Waals surface area contributed by atoms with E-state index < -0.39 is 21.2 Å². The molecule has 0 saturated heterocycles. The Morgan fingerprint density at radius 3 is 2.66 bits per heavy atom. The maximum absolute atomic E-state index is 13.4. The van der Waals surface area contributed by atoms with Crippen molar-refractivity contribution in [2.24, 2.45) is 17.8 Å². The molecule has 0 radical (unpaired) electrons. The molecule has 0 spiro atoms. The van der Waals surface area contributed by atoms with Gasteiger partial charge >= 0.3 is 0 Å². The predicted molar refractivity (Wildman–Crippen MR) is 174 cm³/mol. The lowest BCUT2D eigenvalue weighted by molar-refractivity contribution is -0.0309. The number of sulfonamides is 1. The molecule has 240 valence electrons. The van der Waals surface area contributed by atoms with Crippen molar-refractivity contribution in [3.63, 3.8) is 0 Å². The predicted octanol–water partition coefficient (Wildman–Crippen LogP) is 6.16. The average Bonchev–Trinajstić information content (AvgIpc) is 3.00. The molecule has 44 heavy (non-hydrogen) atoms. The number of halogens is 1. The number of anilines is 1. The minimum absolute atomic E-state index is 0.00958. The van der Waals surface area contributed by atoms with Gasteiger partial charge in [0.15, 0.2) is 0 Å². The standard InChI is InChI=1S/C34H45ClN2O6S/c1-23-7-13-32(42-17-16-41-3)30-12-9-27(30)21-37-15-5-4-6-25-19-29(35)11-8-28(25)22-43-33-14-10-26(20-31(33)37)34(38)36-44(39,40)24(2)18-23/h7-8,10-11,13-14,19-20,23-24,27,30,32H,4-6,9,12,15-18,21-22H2,1-3H3,(H,36,38)/b13-7+/t23-,24+,27-,30+,32-/m0/s1. The summed E-state index contributed by atoms with van der Waals surface area (Å²) in [5.41, 5.74) is 3.37. The molecule has 2 bridgehead atoms. The second-order valence-electron chi connectivity index (χ2n) is 12.5. The normalized spacial score (nSPS) is 28.2. The van der Waals surface area contributed by atoms with E-state index in [2.05, 4.69) is 21.8 Å². The van der Waals surface area contributed by atoms with Crippen molar-refractivity contribution in [3.8, 4) is 5.75 Å². The minimum atomic E-state index is -3.90. The third-order valence-corrected chi connectivity index (χ3v) is 11.2. The van der Waals surface area contributed by atoms with E-state index in [0.717, 1.165) is 56.4 Å². The molecule has 1 N–H and O–H groups in total. The third kappa shape index (κ3) is 7.97. The van der Waals surface area contributed by atoms with Crippen molar-refractivity contribution in [2.75, 3.05) is 38.3 Å². The molecule has 2 aliphatic heterocycles. The number of carbonyl (C=O) groups is 1. The lowest BCUT2D eigenvalue weighted by Gasteiger charge is -2.44. The van der Waals surface area contributed by atoms with Crippen LogP contribution < -0.4 is 14.4 Å². The lowest BCUT2D eigenvalue weighted by Crippen LogP contribution is -2.44. The molecule has 2 heterocycles. The van der Waals surface area contributed by atoms with E-state index in [-0.39, 0.29) is 12.0 Å². The van der Waals surface area contributed by atoms with Crippen LogP contribution >= 0.6 is 11.6 Å². The molecule has 1 aliphatic carbocycles. The first kappa shape index (κ1) is 32.8. The van der Waals surface area contributed by atoms with Crippen LogP contribution in [0.25, 0.3) is 0 Å². The van der Waals surface area contributed by atoms with Crippen molar-refractivity contribution >= 4 is 33.2 Å². The second kappa shape index (κ2) is 14.7. The zero-order chi connectivity index (χ0) is 31.3. The quantitative estimate of drug-likeness (QED) is 0.315. The van der Waals surface area contributed by atoms with Gasteiger partial charge in [-0.2, -0.15) is 0 Å². The van der Waals surface area contributed by atoms with Crippen LogP contribution in [0.15, 0.2) is 48.6 Å². The highest BCUT2D eigenvalue weighted by Crippen LogP contribution is 2.42. The maximum Gasteiger partial charge on any atom is 0.264 e. The number of carbonyl (C=O) groups excluding carboxylic acids is 1. The highest BCUT2D eigenvalue weighted by molar-refractivity contribution is 7.90. The monoisotopic (exact) mass is 644 g/mol. The molecule has 1 fully saturated rings. The van der Waals surface area contributed by atoms with E-state index in [0.29, 0.717) is 54.4 Å². The van der Waals surface area contributed by atoms with Crippen LogP contribution in [0.3, 0.4) is 0 Å².